The van der Waals surface area contributed by atoms with Gasteiger partial charge >= 0.3 is 6.09 Å². The van der Waals surface area contributed by atoms with E-state index in [1.807, 2.05) is 67.6 Å². The number of anilines is 1. The molecule has 33 heavy (non-hydrogen) atoms. The standard InChI is InChI=1S/C27H30N2O4/c1-19-14-23(28-17-20-10-6-4-7-11-20)22-15-25(31-2)26(32-3)16-24(22)29(19)27(30)33-18-21-12-8-5-9-13-21/h4-13,15-16,19,23,28H,14,17-18H2,1-3H3. The lowest BCUT2D eigenvalue weighted by molar-refractivity contribution is 0.143. The molecule has 4 rings (SSSR count). The number of fused-ring (bicyclic) bond motifs is 1. The Morgan fingerprint density at radius 2 is 1.55 bits per heavy atom. The van der Waals surface area contributed by atoms with Crippen LogP contribution in [0, 0.1) is 0 Å². The SMILES string of the molecule is COc1cc2c(cc1OC)N(C(=O)OCc1ccccc1)C(C)CC2NCc1ccccc1. The second-order valence-corrected chi connectivity index (χ2v) is 8.18. The first kappa shape index (κ1) is 22.7. The number of nitrogens with one attached hydrogen (secondary N) is 1. The fourth-order valence-electron chi connectivity index (χ4n) is 4.28. The van der Waals surface area contributed by atoms with E-state index in [2.05, 4.69) is 17.4 Å². The molecule has 1 aliphatic rings. The third kappa shape index (κ3) is 5.12. The molecule has 1 N–H and O–H groups in total. The molecule has 3 aromatic rings. The maximum absolute atomic E-state index is 13.2. The molecule has 0 spiro atoms. The van der Waals surface area contributed by atoms with Gasteiger partial charge in [-0.25, -0.2) is 4.79 Å². The highest BCUT2D eigenvalue weighted by Crippen LogP contribution is 2.44. The zero-order chi connectivity index (χ0) is 23.2. The van der Waals surface area contributed by atoms with Gasteiger partial charge < -0.3 is 19.5 Å². The molecular formula is C27H30N2O4. The van der Waals surface area contributed by atoms with Crippen molar-refractivity contribution in [3.8, 4) is 11.5 Å². The first-order valence-corrected chi connectivity index (χ1v) is 11.1. The topological polar surface area (TPSA) is 60.0 Å². The average molecular weight is 447 g/mol. The minimum absolute atomic E-state index is 0.0492. The molecule has 1 amide bonds. The van der Waals surface area contributed by atoms with E-state index in [0.717, 1.165) is 29.8 Å². The van der Waals surface area contributed by atoms with Crippen molar-refractivity contribution in [1.82, 2.24) is 5.32 Å². The van der Waals surface area contributed by atoms with Crippen LogP contribution < -0.4 is 19.7 Å². The quantitative estimate of drug-likeness (QED) is 0.522. The number of methoxy groups -OCH3 is 2. The highest BCUT2D eigenvalue weighted by atomic mass is 16.6. The van der Waals surface area contributed by atoms with Gasteiger partial charge in [-0.3, -0.25) is 4.90 Å². The summed E-state index contributed by atoms with van der Waals surface area (Å²) in [7, 11) is 3.22. The Labute approximate surface area is 195 Å². The van der Waals surface area contributed by atoms with Crippen molar-refractivity contribution in [2.75, 3.05) is 19.1 Å². The number of hydrogen-bond donors (Lipinski definition) is 1. The van der Waals surface area contributed by atoms with Crippen LogP contribution in [0.3, 0.4) is 0 Å². The van der Waals surface area contributed by atoms with Crippen LogP contribution in [0.2, 0.25) is 0 Å². The van der Waals surface area contributed by atoms with Crippen LogP contribution in [0.1, 0.15) is 36.1 Å². The largest absolute Gasteiger partial charge is 0.493 e. The van der Waals surface area contributed by atoms with Gasteiger partial charge in [-0.15, -0.1) is 0 Å². The molecule has 0 bridgehead atoms. The van der Waals surface area contributed by atoms with Gasteiger partial charge in [0.25, 0.3) is 0 Å². The monoisotopic (exact) mass is 446 g/mol. The molecule has 0 fully saturated rings. The summed E-state index contributed by atoms with van der Waals surface area (Å²) in [6.07, 6.45) is 0.372. The van der Waals surface area contributed by atoms with Gasteiger partial charge in [0.1, 0.15) is 6.61 Å². The molecule has 172 valence electrons. The molecule has 6 nitrogen and oxygen atoms in total. The van der Waals surface area contributed by atoms with Crippen molar-refractivity contribution in [3.05, 3.63) is 89.5 Å². The number of amides is 1. The van der Waals surface area contributed by atoms with E-state index < -0.39 is 0 Å². The van der Waals surface area contributed by atoms with Crippen LogP contribution >= 0.6 is 0 Å². The summed E-state index contributed by atoms with van der Waals surface area (Å²) in [6.45, 7) is 2.99. The van der Waals surface area contributed by atoms with Crippen molar-refractivity contribution in [1.29, 1.82) is 0 Å². The first-order chi connectivity index (χ1) is 16.1. The molecule has 2 atom stereocenters. The summed E-state index contributed by atoms with van der Waals surface area (Å²) in [4.78, 5) is 14.9. The number of nitrogens with zero attached hydrogens (tertiary/aromatic N) is 1. The Morgan fingerprint density at radius 1 is 0.939 bits per heavy atom. The minimum atomic E-state index is -0.374. The highest BCUT2D eigenvalue weighted by molar-refractivity contribution is 5.91. The number of hydrogen-bond acceptors (Lipinski definition) is 5. The second-order valence-electron chi connectivity index (χ2n) is 8.18. The second kappa shape index (κ2) is 10.4. The zero-order valence-electron chi connectivity index (χ0n) is 19.3. The molecule has 0 radical (unpaired) electrons. The summed E-state index contributed by atoms with van der Waals surface area (Å²) in [6, 6.07) is 23.8. The minimum Gasteiger partial charge on any atom is -0.493 e. The number of benzene rings is 3. The first-order valence-electron chi connectivity index (χ1n) is 11.1. The van der Waals surface area contributed by atoms with E-state index >= 15 is 0 Å². The number of ether oxygens (including phenoxy) is 3. The highest BCUT2D eigenvalue weighted by Gasteiger charge is 2.36. The summed E-state index contributed by atoms with van der Waals surface area (Å²) < 4.78 is 16.8. The predicted octanol–water partition coefficient (Wildman–Crippen LogP) is 5.47. The van der Waals surface area contributed by atoms with E-state index in [9.17, 15) is 4.79 Å². The lowest BCUT2D eigenvalue weighted by atomic mass is 9.91. The van der Waals surface area contributed by atoms with Crippen LogP contribution in [-0.2, 0) is 17.9 Å². The number of carbonyl (C=O) groups excluding carboxylic acids is 1. The molecule has 1 aliphatic heterocycles. The smallest absolute Gasteiger partial charge is 0.414 e. The molecule has 0 aliphatic carbocycles. The van der Waals surface area contributed by atoms with Crippen LogP contribution in [0.15, 0.2) is 72.8 Å². The van der Waals surface area contributed by atoms with E-state index in [4.69, 9.17) is 14.2 Å². The van der Waals surface area contributed by atoms with Crippen molar-refractivity contribution in [3.63, 3.8) is 0 Å². The van der Waals surface area contributed by atoms with Crippen molar-refractivity contribution >= 4 is 11.8 Å². The van der Waals surface area contributed by atoms with Crippen molar-refractivity contribution < 1.29 is 19.0 Å². The lowest BCUT2D eigenvalue weighted by Crippen LogP contribution is -2.45. The fourth-order valence-corrected chi connectivity index (χ4v) is 4.28. The Bertz CT molecular complexity index is 1070. The maximum atomic E-state index is 13.2. The van der Waals surface area contributed by atoms with Gasteiger partial charge in [0.2, 0.25) is 0 Å². The van der Waals surface area contributed by atoms with E-state index in [-0.39, 0.29) is 24.8 Å². The Morgan fingerprint density at radius 3 is 2.18 bits per heavy atom. The average Bonchev–Trinajstić information content (AvgIpc) is 2.86. The Kier molecular flexibility index (Phi) is 7.15. The third-order valence-electron chi connectivity index (χ3n) is 5.98. The molecule has 1 heterocycles. The Balaban J connectivity index is 1.62. The van der Waals surface area contributed by atoms with Crippen molar-refractivity contribution in [2.24, 2.45) is 0 Å². The molecule has 0 saturated heterocycles. The van der Waals surface area contributed by atoms with E-state index in [1.54, 1.807) is 19.1 Å². The summed E-state index contributed by atoms with van der Waals surface area (Å²) in [5.41, 5.74) is 3.91. The van der Waals surface area contributed by atoms with Crippen LogP contribution in [0.25, 0.3) is 0 Å². The van der Waals surface area contributed by atoms with Gasteiger partial charge in [0.05, 0.1) is 19.9 Å². The van der Waals surface area contributed by atoms with Gasteiger partial charge in [-0.2, -0.15) is 0 Å². The summed E-state index contributed by atoms with van der Waals surface area (Å²) in [5, 5.41) is 3.66. The van der Waals surface area contributed by atoms with Gasteiger partial charge in [-0.05, 0) is 36.1 Å². The van der Waals surface area contributed by atoms with E-state index in [0.29, 0.717) is 11.5 Å². The molecule has 2 unspecified atom stereocenters. The van der Waals surface area contributed by atoms with Gasteiger partial charge in [-0.1, -0.05) is 60.7 Å². The molecule has 0 aromatic heterocycles. The number of carbonyl (C=O) groups is 1. The predicted molar refractivity (Wildman–Crippen MR) is 129 cm³/mol. The third-order valence-corrected chi connectivity index (χ3v) is 5.98. The molecule has 3 aromatic carbocycles. The lowest BCUT2D eigenvalue weighted by Gasteiger charge is -2.39. The molecule has 0 saturated carbocycles. The maximum Gasteiger partial charge on any atom is 0.414 e. The fraction of sp³-hybridized carbons (Fsp3) is 0.296. The summed E-state index contributed by atoms with van der Waals surface area (Å²) in [5.74, 6) is 1.21. The van der Waals surface area contributed by atoms with Crippen LogP contribution in [0.5, 0.6) is 11.5 Å². The van der Waals surface area contributed by atoms with E-state index in [1.165, 1.54) is 5.56 Å². The summed E-state index contributed by atoms with van der Waals surface area (Å²) >= 11 is 0. The molecule has 6 heteroatoms. The van der Waals surface area contributed by atoms with Crippen LogP contribution in [-0.4, -0.2) is 26.4 Å². The number of rotatable bonds is 7. The van der Waals surface area contributed by atoms with Crippen molar-refractivity contribution in [2.45, 2.75) is 38.6 Å². The zero-order valence-corrected chi connectivity index (χ0v) is 19.3. The van der Waals surface area contributed by atoms with Crippen LogP contribution in [0.4, 0.5) is 10.5 Å². The Hall–Kier alpha value is -3.51. The van der Waals surface area contributed by atoms with Gasteiger partial charge in [0, 0.05) is 24.7 Å². The molecular weight excluding hydrogens is 416 g/mol. The van der Waals surface area contributed by atoms with Gasteiger partial charge in [0.15, 0.2) is 11.5 Å². The normalized spacial score (nSPS) is 17.2.